The quantitative estimate of drug-likeness (QED) is 0.794. The summed E-state index contributed by atoms with van der Waals surface area (Å²) in [4.78, 5) is 22.7. The number of hydrogen-bond acceptors (Lipinski definition) is 2. The van der Waals surface area contributed by atoms with Gasteiger partial charge in [-0.2, -0.15) is 0 Å². The zero-order valence-corrected chi connectivity index (χ0v) is 11.4. The van der Waals surface area contributed by atoms with Crippen LogP contribution in [0.2, 0.25) is 0 Å². The van der Waals surface area contributed by atoms with Gasteiger partial charge in [-0.05, 0) is 30.7 Å². The molecule has 2 rings (SSSR count). The van der Waals surface area contributed by atoms with Crippen LogP contribution in [-0.2, 0) is 11.3 Å². The molecule has 2 N–H and O–H groups in total. The number of carboxylic acid groups (broad SMARTS) is 1. The molecule has 0 aliphatic carbocycles. The summed E-state index contributed by atoms with van der Waals surface area (Å²) in [7, 11) is 0. The third-order valence-corrected chi connectivity index (χ3v) is 3.18. The van der Waals surface area contributed by atoms with E-state index in [1.807, 2.05) is 10.6 Å². The van der Waals surface area contributed by atoms with E-state index in [4.69, 9.17) is 5.11 Å². The number of carboxylic acids is 1. The highest BCUT2D eigenvalue weighted by molar-refractivity contribution is 5.94. The largest absolute Gasteiger partial charge is 0.478 e. The molecule has 0 aliphatic rings. The van der Waals surface area contributed by atoms with Gasteiger partial charge in [-0.15, -0.1) is 0 Å². The summed E-state index contributed by atoms with van der Waals surface area (Å²) in [6.45, 7) is 3.02. The number of benzene rings is 1. The first-order valence-corrected chi connectivity index (χ1v) is 6.70. The van der Waals surface area contributed by atoms with E-state index in [2.05, 4.69) is 12.2 Å². The molecule has 1 aromatic carbocycles. The van der Waals surface area contributed by atoms with Crippen molar-refractivity contribution in [1.82, 2.24) is 9.88 Å². The molecular weight excluding hydrogens is 256 g/mol. The second kappa shape index (κ2) is 6.23. The molecule has 1 heterocycles. The molecule has 0 saturated heterocycles. The molecule has 1 aromatic heterocycles. The topological polar surface area (TPSA) is 71.3 Å². The van der Waals surface area contributed by atoms with Gasteiger partial charge < -0.3 is 15.0 Å². The highest BCUT2D eigenvalue weighted by atomic mass is 16.4. The van der Waals surface area contributed by atoms with Gasteiger partial charge in [0.05, 0.1) is 5.56 Å². The van der Waals surface area contributed by atoms with Crippen molar-refractivity contribution in [3.8, 4) is 0 Å². The predicted molar refractivity (Wildman–Crippen MR) is 76.8 cm³/mol. The summed E-state index contributed by atoms with van der Waals surface area (Å²) in [6.07, 6.45) is 3.82. The molecule has 0 saturated carbocycles. The first-order chi connectivity index (χ1) is 9.61. The lowest BCUT2D eigenvalue weighted by Crippen LogP contribution is -2.28. The average Bonchev–Trinajstić information content (AvgIpc) is 2.81. The van der Waals surface area contributed by atoms with Crippen LogP contribution in [0.15, 0.2) is 30.5 Å². The number of rotatable bonds is 6. The van der Waals surface area contributed by atoms with Crippen LogP contribution >= 0.6 is 0 Å². The van der Waals surface area contributed by atoms with Gasteiger partial charge >= 0.3 is 5.97 Å². The maximum absolute atomic E-state index is 11.8. The van der Waals surface area contributed by atoms with Crippen molar-refractivity contribution < 1.29 is 14.7 Å². The van der Waals surface area contributed by atoms with E-state index in [-0.39, 0.29) is 18.0 Å². The minimum Gasteiger partial charge on any atom is -0.478 e. The van der Waals surface area contributed by atoms with Gasteiger partial charge in [0.2, 0.25) is 5.91 Å². The third kappa shape index (κ3) is 3.17. The Hall–Kier alpha value is -2.30. The number of fused-ring (bicyclic) bond motifs is 1. The van der Waals surface area contributed by atoms with Crippen LogP contribution in [0.1, 0.15) is 30.1 Å². The van der Waals surface area contributed by atoms with Gasteiger partial charge in [-0.25, -0.2) is 4.79 Å². The molecule has 0 radical (unpaired) electrons. The lowest BCUT2D eigenvalue weighted by Gasteiger charge is -2.07. The first kappa shape index (κ1) is 14.1. The molecule has 0 unspecified atom stereocenters. The first-order valence-electron chi connectivity index (χ1n) is 6.70. The number of unbranched alkanes of at least 4 members (excludes halogenated alkanes) is 1. The molecular formula is C15H18N2O3. The maximum Gasteiger partial charge on any atom is 0.335 e. The molecule has 1 amide bonds. The zero-order valence-electron chi connectivity index (χ0n) is 11.4. The molecule has 0 atom stereocenters. The molecule has 5 heteroatoms. The van der Waals surface area contributed by atoms with Crippen LogP contribution in [0.25, 0.3) is 10.9 Å². The Balaban J connectivity index is 2.11. The summed E-state index contributed by atoms with van der Waals surface area (Å²) in [5.41, 5.74) is 1.11. The average molecular weight is 274 g/mol. The Kier molecular flexibility index (Phi) is 4.40. The van der Waals surface area contributed by atoms with E-state index in [1.165, 1.54) is 0 Å². The summed E-state index contributed by atoms with van der Waals surface area (Å²) in [6, 6.07) is 6.72. The number of carbonyl (C=O) groups excluding carboxylic acids is 1. The number of nitrogens with one attached hydrogen (secondary N) is 1. The molecule has 20 heavy (non-hydrogen) atoms. The lowest BCUT2D eigenvalue weighted by atomic mass is 10.1. The fourth-order valence-corrected chi connectivity index (χ4v) is 2.09. The Labute approximate surface area is 117 Å². The minimum atomic E-state index is -0.947. The van der Waals surface area contributed by atoms with Gasteiger partial charge in [0, 0.05) is 23.6 Å². The van der Waals surface area contributed by atoms with E-state index < -0.39 is 5.97 Å². The van der Waals surface area contributed by atoms with Crippen molar-refractivity contribution in [2.45, 2.75) is 26.3 Å². The van der Waals surface area contributed by atoms with Crippen LogP contribution in [0, 0.1) is 0 Å². The summed E-state index contributed by atoms with van der Waals surface area (Å²) < 4.78 is 1.82. The summed E-state index contributed by atoms with van der Waals surface area (Å²) in [5.74, 6) is -0.977. The zero-order chi connectivity index (χ0) is 14.5. The number of hydrogen-bond donors (Lipinski definition) is 2. The van der Waals surface area contributed by atoms with Crippen LogP contribution < -0.4 is 5.32 Å². The van der Waals surface area contributed by atoms with Crippen LogP contribution in [-0.4, -0.2) is 28.1 Å². The molecule has 0 aliphatic heterocycles. The van der Waals surface area contributed by atoms with Gasteiger partial charge in [0.25, 0.3) is 0 Å². The van der Waals surface area contributed by atoms with Crippen molar-refractivity contribution in [3.05, 3.63) is 36.0 Å². The third-order valence-electron chi connectivity index (χ3n) is 3.18. The fraction of sp³-hybridized carbons (Fsp3) is 0.333. The fourth-order valence-electron chi connectivity index (χ4n) is 2.09. The van der Waals surface area contributed by atoms with Gasteiger partial charge in [0.15, 0.2) is 0 Å². The second-order valence-corrected chi connectivity index (χ2v) is 4.73. The van der Waals surface area contributed by atoms with Crippen molar-refractivity contribution in [2.24, 2.45) is 0 Å². The van der Waals surface area contributed by atoms with Crippen molar-refractivity contribution >= 4 is 22.8 Å². The van der Waals surface area contributed by atoms with Crippen molar-refractivity contribution in [2.75, 3.05) is 6.54 Å². The molecule has 2 aromatic rings. The van der Waals surface area contributed by atoms with Crippen LogP contribution in [0.5, 0.6) is 0 Å². The molecule has 5 nitrogen and oxygen atoms in total. The standard InChI is InChI=1S/C15H18N2O3/c1-2-3-7-16-14(18)10-17-8-6-11-9-12(15(19)20)4-5-13(11)17/h4-6,8-9H,2-3,7,10H2,1H3,(H,16,18)(H,19,20). The Morgan fingerprint density at radius 3 is 2.80 bits per heavy atom. The van der Waals surface area contributed by atoms with Crippen LogP contribution in [0.3, 0.4) is 0 Å². The SMILES string of the molecule is CCCCNC(=O)Cn1ccc2cc(C(=O)O)ccc21. The van der Waals surface area contributed by atoms with E-state index in [1.54, 1.807) is 24.4 Å². The number of nitrogens with zero attached hydrogens (tertiary/aromatic N) is 1. The Morgan fingerprint density at radius 2 is 2.10 bits per heavy atom. The van der Waals surface area contributed by atoms with Crippen LogP contribution in [0.4, 0.5) is 0 Å². The van der Waals surface area contributed by atoms with Gasteiger partial charge in [-0.3, -0.25) is 4.79 Å². The summed E-state index contributed by atoms with van der Waals surface area (Å²) in [5, 5.41) is 12.6. The Morgan fingerprint density at radius 1 is 1.30 bits per heavy atom. The minimum absolute atomic E-state index is 0.0294. The summed E-state index contributed by atoms with van der Waals surface area (Å²) >= 11 is 0. The number of carbonyl (C=O) groups is 2. The van der Waals surface area contributed by atoms with Gasteiger partial charge in [-0.1, -0.05) is 13.3 Å². The highest BCUT2D eigenvalue weighted by Crippen LogP contribution is 2.17. The van der Waals surface area contributed by atoms with E-state index >= 15 is 0 Å². The molecule has 0 bridgehead atoms. The Bertz CT molecular complexity index is 631. The normalized spacial score (nSPS) is 10.7. The van der Waals surface area contributed by atoms with E-state index in [0.29, 0.717) is 6.54 Å². The molecule has 0 spiro atoms. The van der Waals surface area contributed by atoms with Crippen molar-refractivity contribution in [1.29, 1.82) is 0 Å². The predicted octanol–water partition coefficient (Wildman–Crippen LogP) is 2.26. The van der Waals surface area contributed by atoms with Gasteiger partial charge in [0.1, 0.15) is 6.54 Å². The second-order valence-electron chi connectivity index (χ2n) is 4.73. The molecule has 0 fully saturated rings. The maximum atomic E-state index is 11.8. The monoisotopic (exact) mass is 274 g/mol. The number of aromatic carboxylic acids is 1. The van der Waals surface area contributed by atoms with Crippen molar-refractivity contribution in [3.63, 3.8) is 0 Å². The highest BCUT2D eigenvalue weighted by Gasteiger charge is 2.08. The lowest BCUT2D eigenvalue weighted by molar-refractivity contribution is -0.121. The molecule has 106 valence electrons. The number of amides is 1. The van der Waals surface area contributed by atoms with E-state index in [0.717, 1.165) is 23.7 Å². The van der Waals surface area contributed by atoms with E-state index in [9.17, 15) is 9.59 Å². The number of aromatic nitrogens is 1. The smallest absolute Gasteiger partial charge is 0.335 e.